The number of piperidine rings is 1. The summed E-state index contributed by atoms with van der Waals surface area (Å²) in [7, 11) is 0. The van der Waals surface area contributed by atoms with Crippen LogP contribution in [0, 0.1) is 0 Å². The second-order valence-electron chi connectivity index (χ2n) is 6.35. The monoisotopic (exact) mass is 322 g/mol. The fraction of sp³-hybridized carbons (Fsp3) is 0.588. The van der Waals surface area contributed by atoms with Crippen molar-refractivity contribution >= 4 is 17.5 Å². The van der Waals surface area contributed by atoms with Gasteiger partial charge in [-0.05, 0) is 43.4 Å². The van der Waals surface area contributed by atoms with Crippen LogP contribution in [0.3, 0.4) is 0 Å². The van der Waals surface area contributed by atoms with Crippen LogP contribution in [-0.4, -0.2) is 43.2 Å². The van der Waals surface area contributed by atoms with Gasteiger partial charge in [0, 0.05) is 37.4 Å². The first-order valence-electron chi connectivity index (χ1n) is 8.00. The first-order valence-corrected chi connectivity index (χ1v) is 8.38. The number of nitrogens with zero attached hydrogens (tertiary/aromatic N) is 1. The molecule has 0 spiro atoms. The van der Waals surface area contributed by atoms with Crippen LogP contribution in [0.4, 0.5) is 0 Å². The average Bonchev–Trinajstić information content (AvgIpc) is 2.55. The van der Waals surface area contributed by atoms with E-state index in [1.54, 1.807) is 0 Å². The molecule has 0 aromatic heterocycles. The topological polar surface area (TPSA) is 55.6 Å². The maximum atomic E-state index is 13.3. The van der Waals surface area contributed by atoms with Crippen molar-refractivity contribution < 1.29 is 9.53 Å². The highest BCUT2D eigenvalue weighted by atomic mass is 35.5. The largest absolute Gasteiger partial charge is 0.381 e. The van der Waals surface area contributed by atoms with Gasteiger partial charge in [0.1, 0.15) is 0 Å². The van der Waals surface area contributed by atoms with Gasteiger partial charge in [-0.2, -0.15) is 0 Å². The van der Waals surface area contributed by atoms with Gasteiger partial charge in [0.05, 0.1) is 5.41 Å². The smallest absolute Gasteiger partial charge is 0.233 e. The highest BCUT2D eigenvalue weighted by Gasteiger charge is 2.44. The predicted octanol–water partition coefficient (Wildman–Crippen LogP) is 2.34. The Balaban J connectivity index is 1.91. The zero-order valence-corrected chi connectivity index (χ0v) is 13.5. The third kappa shape index (κ3) is 3.00. The summed E-state index contributed by atoms with van der Waals surface area (Å²) >= 11 is 6.01. The van der Waals surface area contributed by atoms with Crippen LogP contribution in [0.1, 0.15) is 31.2 Å². The van der Waals surface area contributed by atoms with E-state index < -0.39 is 5.41 Å². The molecule has 0 saturated carbocycles. The third-order valence-corrected chi connectivity index (χ3v) is 5.15. The molecule has 22 heavy (non-hydrogen) atoms. The lowest BCUT2D eigenvalue weighted by atomic mass is 9.72. The summed E-state index contributed by atoms with van der Waals surface area (Å²) in [5, 5.41) is 0.693. The van der Waals surface area contributed by atoms with Crippen LogP contribution in [0.25, 0.3) is 0 Å². The molecule has 0 radical (unpaired) electrons. The van der Waals surface area contributed by atoms with Crippen molar-refractivity contribution in [1.82, 2.24) is 4.90 Å². The van der Waals surface area contributed by atoms with Gasteiger partial charge in [-0.15, -0.1) is 0 Å². The number of hydrogen-bond acceptors (Lipinski definition) is 3. The minimum absolute atomic E-state index is 0.0970. The lowest BCUT2D eigenvalue weighted by Gasteiger charge is -2.42. The Kier molecular flexibility index (Phi) is 4.71. The molecule has 0 aliphatic carbocycles. The minimum atomic E-state index is -0.486. The van der Waals surface area contributed by atoms with E-state index in [4.69, 9.17) is 22.1 Å². The molecule has 120 valence electrons. The molecule has 2 heterocycles. The first kappa shape index (κ1) is 15.8. The minimum Gasteiger partial charge on any atom is -0.381 e. The molecule has 0 bridgehead atoms. The van der Waals surface area contributed by atoms with Crippen LogP contribution < -0.4 is 5.73 Å². The van der Waals surface area contributed by atoms with Crippen molar-refractivity contribution in [2.75, 3.05) is 26.3 Å². The van der Waals surface area contributed by atoms with E-state index in [0.29, 0.717) is 24.8 Å². The van der Waals surface area contributed by atoms with E-state index in [0.717, 1.165) is 37.8 Å². The number of ether oxygens (including phenoxy) is 1. The summed E-state index contributed by atoms with van der Waals surface area (Å²) in [6.07, 6.45) is 3.43. The fourth-order valence-electron chi connectivity index (χ4n) is 3.61. The molecular weight excluding hydrogens is 300 g/mol. The number of benzene rings is 1. The summed E-state index contributed by atoms with van der Waals surface area (Å²) in [6, 6.07) is 7.79. The first-order chi connectivity index (χ1) is 10.6. The molecule has 5 heteroatoms. The van der Waals surface area contributed by atoms with Crippen molar-refractivity contribution in [3.8, 4) is 0 Å². The van der Waals surface area contributed by atoms with Crippen LogP contribution in [-0.2, 0) is 14.9 Å². The molecule has 2 N–H and O–H groups in total. The van der Waals surface area contributed by atoms with Crippen molar-refractivity contribution in [2.45, 2.75) is 37.1 Å². The third-order valence-electron chi connectivity index (χ3n) is 4.90. The Morgan fingerprint density at radius 3 is 2.59 bits per heavy atom. The lowest BCUT2D eigenvalue weighted by molar-refractivity contribution is -0.142. The second kappa shape index (κ2) is 6.57. The molecule has 0 unspecified atom stereocenters. The normalized spacial score (nSPS) is 25.0. The van der Waals surface area contributed by atoms with Gasteiger partial charge in [-0.1, -0.05) is 23.7 Å². The molecule has 1 aromatic rings. The van der Waals surface area contributed by atoms with E-state index in [2.05, 4.69) is 0 Å². The van der Waals surface area contributed by atoms with E-state index in [1.807, 2.05) is 29.2 Å². The molecular formula is C17H23ClN2O2. The van der Waals surface area contributed by atoms with Crippen molar-refractivity contribution in [3.63, 3.8) is 0 Å². The lowest BCUT2D eigenvalue weighted by Crippen LogP contribution is -2.54. The van der Waals surface area contributed by atoms with E-state index in [9.17, 15) is 4.79 Å². The van der Waals surface area contributed by atoms with E-state index in [-0.39, 0.29) is 11.9 Å². The molecule has 2 fully saturated rings. The van der Waals surface area contributed by atoms with Gasteiger partial charge >= 0.3 is 0 Å². The maximum Gasteiger partial charge on any atom is 0.233 e. The molecule has 4 nitrogen and oxygen atoms in total. The van der Waals surface area contributed by atoms with Crippen LogP contribution >= 0.6 is 11.6 Å². The Hall–Kier alpha value is -1.10. The Labute approximate surface area is 136 Å². The van der Waals surface area contributed by atoms with Gasteiger partial charge in [-0.3, -0.25) is 4.79 Å². The van der Waals surface area contributed by atoms with E-state index in [1.165, 1.54) is 0 Å². The molecule has 1 aromatic carbocycles. The number of hydrogen-bond donors (Lipinski definition) is 1. The highest BCUT2D eigenvalue weighted by Crippen LogP contribution is 2.37. The van der Waals surface area contributed by atoms with Crippen molar-refractivity contribution in [2.24, 2.45) is 5.73 Å². The number of rotatable bonds is 2. The Morgan fingerprint density at radius 1 is 1.27 bits per heavy atom. The van der Waals surface area contributed by atoms with Gasteiger partial charge in [0.25, 0.3) is 0 Å². The molecule has 1 atom stereocenters. The van der Waals surface area contributed by atoms with Crippen LogP contribution in [0.15, 0.2) is 24.3 Å². The number of carbonyl (C=O) groups excluding carboxylic acids is 1. The summed E-state index contributed by atoms with van der Waals surface area (Å²) in [5.74, 6) is 0.202. The SMILES string of the molecule is N[C@H]1CCCN(C(=O)C2(c3ccc(Cl)cc3)CCOCC2)C1. The predicted molar refractivity (Wildman–Crippen MR) is 87.0 cm³/mol. The molecule has 2 aliphatic heterocycles. The molecule has 2 saturated heterocycles. The Bertz CT molecular complexity index is 526. The van der Waals surface area contributed by atoms with Crippen molar-refractivity contribution in [3.05, 3.63) is 34.9 Å². The van der Waals surface area contributed by atoms with E-state index >= 15 is 0 Å². The standard InChI is InChI=1S/C17H23ClN2O2/c18-14-5-3-13(4-6-14)17(7-10-22-11-8-17)16(21)20-9-1-2-15(19)12-20/h3-6,15H,1-2,7-12,19H2/t15-/m0/s1. The number of amides is 1. The number of halogens is 1. The van der Waals surface area contributed by atoms with Gasteiger partial charge in [0.15, 0.2) is 0 Å². The highest BCUT2D eigenvalue weighted by molar-refractivity contribution is 6.30. The number of likely N-dealkylation sites (tertiary alicyclic amines) is 1. The second-order valence-corrected chi connectivity index (χ2v) is 6.79. The molecule has 1 amide bonds. The number of carbonyl (C=O) groups is 1. The maximum absolute atomic E-state index is 13.3. The summed E-state index contributed by atoms with van der Waals surface area (Å²) in [4.78, 5) is 15.2. The summed E-state index contributed by atoms with van der Waals surface area (Å²) in [6.45, 7) is 2.71. The number of nitrogens with two attached hydrogens (primary N) is 1. The molecule has 3 rings (SSSR count). The zero-order valence-electron chi connectivity index (χ0n) is 12.8. The average molecular weight is 323 g/mol. The van der Waals surface area contributed by atoms with Gasteiger partial charge < -0.3 is 15.4 Å². The molecule has 2 aliphatic rings. The zero-order chi connectivity index (χ0) is 15.6. The summed E-state index contributed by atoms with van der Waals surface area (Å²) < 4.78 is 5.51. The van der Waals surface area contributed by atoms with Crippen molar-refractivity contribution in [1.29, 1.82) is 0 Å². The van der Waals surface area contributed by atoms with Crippen LogP contribution in [0.5, 0.6) is 0 Å². The quantitative estimate of drug-likeness (QED) is 0.909. The summed E-state index contributed by atoms with van der Waals surface area (Å²) in [5.41, 5.74) is 6.62. The van der Waals surface area contributed by atoms with Gasteiger partial charge in [-0.25, -0.2) is 0 Å². The van der Waals surface area contributed by atoms with Gasteiger partial charge in [0.2, 0.25) is 5.91 Å². The van der Waals surface area contributed by atoms with Crippen LogP contribution in [0.2, 0.25) is 5.02 Å². The fourth-order valence-corrected chi connectivity index (χ4v) is 3.74. The Morgan fingerprint density at radius 2 is 1.95 bits per heavy atom.